The lowest BCUT2D eigenvalue weighted by Gasteiger charge is -2.37. The monoisotopic (exact) mass is 437 g/mol. The molecule has 1 amide bonds. The molecule has 0 bridgehead atoms. The van der Waals surface area contributed by atoms with Crippen LogP contribution in [0.3, 0.4) is 0 Å². The predicted molar refractivity (Wildman–Crippen MR) is 111 cm³/mol. The maximum atomic E-state index is 13.2. The Kier molecular flexibility index (Phi) is 5.70. The molecule has 1 N–H and O–H groups in total. The molecule has 7 heteroatoms. The van der Waals surface area contributed by atoms with Crippen molar-refractivity contribution in [2.45, 2.75) is 75.2 Å². The minimum Gasteiger partial charge on any atom is -0.376 e. The molecule has 162 valence electrons. The summed E-state index contributed by atoms with van der Waals surface area (Å²) in [5, 5.41) is 11.9. The fourth-order valence-corrected chi connectivity index (χ4v) is 5.29. The number of alkyl halides is 3. The Morgan fingerprint density at radius 2 is 1.57 bits per heavy atom. The SMILES string of the molecule is C[C@](O)(c1ccc(C(=O)N(C2CC2)[C@H]2CC[C@H](c3cccs3)CC2)cc1)C(F)(F)F. The van der Waals surface area contributed by atoms with Crippen molar-refractivity contribution in [1.82, 2.24) is 4.90 Å². The number of thiophene rings is 1. The van der Waals surface area contributed by atoms with Crippen molar-refractivity contribution in [2.75, 3.05) is 0 Å². The van der Waals surface area contributed by atoms with Gasteiger partial charge in [0.1, 0.15) is 0 Å². The summed E-state index contributed by atoms with van der Waals surface area (Å²) < 4.78 is 39.2. The number of halogens is 3. The molecule has 2 aliphatic carbocycles. The highest BCUT2D eigenvalue weighted by Crippen LogP contribution is 2.41. The summed E-state index contributed by atoms with van der Waals surface area (Å²) in [7, 11) is 0. The topological polar surface area (TPSA) is 40.5 Å². The zero-order chi connectivity index (χ0) is 21.5. The average molecular weight is 438 g/mol. The van der Waals surface area contributed by atoms with Gasteiger partial charge >= 0.3 is 6.18 Å². The Morgan fingerprint density at radius 3 is 2.03 bits per heavy atom. The first kappa shape index (κ1) is 21.4. The zero-order valence-electron chi connectivity index (χ0n) is 16.9. The van der Waals surface area contributed by atoms with Crippen LogP contribution in [-0.4, -0.2) is 34.2 Å². The van der Waals surface area contributed by atoms with Gasteiger partial charge in [-0.25, -0.2) is 0 Å². The zero-order valence-corrected chi connectivity index (χ0v) is 17.7. The molecule has 1 heterocycles. The summed E-state index contributed by atoms with van der Waals surface area (Å²) in [6.07, 6.45) is 1.19. The Hall–Kier alpha value is -1.86. The van der Waals surface area contributed by atoms with E-state index in [-0.39, 0.29) is 23.6 Å². The Balaban J connectivity index is 1.47. The molecule has 2 fully saturated rings. The molecule has 3 nitrogen and oxygen atoms in total. The molecule has 1 aromatic heterocycles. The lowest BCUT2D eigenvalue weighted by Crippen LogP contribution is -2.43. The molecule has 4 rings (SSSR count). The molecule has 0 spiro atoms. The van der Waals surface area contributed by atoms with Crippen molar-refractivity contribution in [3.8, 4) is 0 Å². The highest BCUT2D eigenvalue weighted by molar-refractivity contribution is 7.10. The number of benzene rings is 1. The second kappa shape index (κ2) is 8.00. The van der Waals surface area contributed by atoms with Crippen LogP contribution in [0.4, 0.5) is 13.2 Å². The summed E-state index contributed by atoms with van der Waals surface area (Å²) in [5.74, 6) is 0.441. The number of aliphatic hydroxyl groups is 1. The van der Waals surface area contributed by atoms with Gasteiger partial charge in [-0.3, -0.25) is 4.79 Å². The Morgan fingerprint density at radius 1 is 1.00 bits per heavy atom. The van der Waals surface area contributed by atoms with Gasteiger partial charge in [0.05, 0.1) is 0 Å². The third-order valence-electron chi connectivity index (χ3n) is 6.46. The second-order valence-corrected chi connectivity index (χ2v) is 9.59. The number of hydrogen-bond donors (Lipinski definition) is 1. The maximum Gasteiger partial charge on any atom is 0.421 e. The quantitative estimate of drug-likeness (QED) is 0.638. The fraction of sp³-hybridized carbons (Fsp3) is 0.522. The molecule has 0 radical (unpaired) electrons. The van der Waals surface area contributed by atoms with E-state index in [4.69, 9.17) is 0 Å². The van der Waals surface area contributed by atoms with Crippen LogP contribution in [-0.2, 0) is 5.60 Å². The van der Waals surface area contributed by atoms with Crippen molar-refractivity contribution >= 4 is 17.2 Å². The van der Waals surface area contributed by atoms with E-state index in [1.54, 1.807) is 11.3 Å². The lowest BCUT2D eigenvalue weighted by atomic mass is 9.84. The molecular formula is C23H26F3NO2S. The van der Waals surface area contributed by atoms with Crippen LogP contribution in [0.2, 0.25) is 0 Å². The van der Waals surface area contributed by atoms with Crippen LogP contribution in [0, 0.1) is 0 Å². The van der Waals surface area contributed by atoms with E-state index in [1.165, 1.54) is 29.1 Å². The first-order chi connectivity index (χ1) is 14.2. The van der Waals surface area contributed by atoms with Crippen molar-refractivity contribution in [3.05, 3.63) is 57.8 Å². The minimum atomic E-state index is -4.78. The van der Waals surface area contributed by atoms with Crippen molar-refractivity contribution < 1.29 is 23.1 Å². The molecule has 2 aliphatic rings. The molecule has 0 unspecified atom stereocenters. The first-order valence-electron chi connectivity index (χ1n) is 10.4. The number of carbonyl (C=O) groups is 1. The van der Waals surface area contributed by atoms with Gasteiger partial charge in [0, 0.05) is 22.5 Å². The van der Waals surface area contributed by atoms with E-state index in [2.05, 4.69) is 17.5 Å². The number of hydrogen-bond acceptors (Lipinski definition) is 3. The van der Waals surface area contributed by atoms with E-state index in [9.17, 15) is 23.1 Å². The number of nitrogens with zero attached hydrogens (tertiary/aromatic N) is 1. The largest absolute Gasteiger partial charge is 0.421 e. The number of carbonyl (C=O) groups excluding carboxylic acids is 1. The third-order valence-corrected chi connectivity index (χ3v) is 7.49. The van der Waals surface area contributed by atoms with Crippen molar-refractivity contribution in [2.24, 2.45) is 0 Å². The molecule has 1 aromatic carbocycles. The van der Waals surface area contributed by atoms with Gasteiger partial charge in [0.15, 0.2) is 5.60 Å². The molecular weight excluding hydrogens is 411 g/mol. The number of rotatable bonds is 5. The average Bonchev–Trinajstić information content (AvgIpc) is 3.39. The summed E-state index contributed by atoms with van der Waals surface area (Å²) in [4.78, 5) is 16.6. The van der Waals surface area contributed by atoms with E-state index in [0.29, 0.717) is 11.5 Å². The lowest BCUT2D eigenvalue weighted by molar-refractivity contribution is -0.258. The normalized spacial score (nSPS) is 24.3. The van der Waals surface area contributed by atoms with E-state index in [1.807, 2.05) is 4.90 Å². The Labute approximate surface area is 178 Å². The summed E-state index contributed by atoms with van der Waals surface area (Å²) in [6, 6.07) is 9.90. The van der Waals surface area contributed by atoms with Gasteiger partial charge in [-0.1, -0.05) is 18.2 Å². The third kappa shape index (κ3) is 4.14. The molecule has 0 aliphatic heterocycles. The van der Waals surface area contributed by atoms with Gasteiger partial charge < -0.3 is 10.0 Å². The van der Waals surface area contributed by atoms with Crippen molar-refractivity contribution in [3.63, 3.8) is 0 Å². The van der Waals surface area contributed by atoms with Crippen molar-refractivity contribution in [1.29, 1.82) is 0 Å². The summed E-state index contributed by atoms with van der Waals surface area (Å²) >= 11 is 1.78. The molecule has 30 heavy (non-hydrogen) atoms. The predicted octanol–water partition coefficient (Wildman–Crippen LogP) is 5.85. The number of amides is 1. The fourth-order valence-electron chi connectivity index (χ4n) is 4.39. The minimum absolute atomic E-state index is 0.115. The maximum absolute atomic E-state index is 13.2. The second-order valence-electron chi connectivity index (χ2n) is 8.61. The van der Waals surface area contributed by atoms with E-state index in [0.717, 1.165) is 45.4 Å². The van der Waals surface area contributed by atoms with Gasteiger partial charge in [0.25, 0.3) is 5.91 Å². The van der Waals surface area contributed by atoms with E-state index < -0.39 is 11.8 Å². The van der Waals surface area contributed by atoms with Crippen LogP contribution in [0.25, 0.3) is 0 Å². The first-order valence-corrected chi connectivity index (χ1v) is 11.3. The molecule has 2 saturated carbocycles. The van der Waals surface area contributed by atoms with Crippen LogP contribution in [0.15, 0.2) is 41.8 Å². The molecule has 0 saturated heterocycles. The highest BCUT2D eigenvalue weighted by Gasteiger charge is 2.51. The van der Waals surface area contributed by atoms with Gasteiger partial charge in [-0.05, 0) is 80.5 Å². The molecule has 1 atom stereocenters. The van der Waals surface area contributed by atoms with Gasteiger partial charge in [-0.15, -0.1) is 11.3 Å². The Bertz CT molecular complexity index is 865. The highest BCUT2D eigenvalue weighted by atomic mass is 32.1. The summed E-state index contributed by atoms with van der Waals surface area (Å²) in [6.45, 7) is 0.729. The molecule has 2 aromatic rings. The van der Waals surface area contributed by atoms with Crippen LogP contribution >= 0.6 is 11.3 Å². The van der Waals surface area contributed by atoms with Crippen LogP contribution < -0.4 is 0 Å². The summed E-state index contributed by atoms with van der Waals surface area (Å²) in [5.41, 5.74) is -2.82. The van der Waals surface area contributed by atoms with Crippen LogP contribution in [0.1, 0.15) is 72.2 Å². The van der Waals surface area contributed by atoms with Gasteiger partial charge in [-0.2, -0.15) is 13.2 Å². The van der Waals surface area contributed by atoms with E-state index >= 15 is 0 Å². The van der Waals surface area contributed by atoms with Crippen LogP contribution in [0.5, 0.6) is 0 Å². The van der Waals surface area contributed by atoms with Gasteiger partial charge in [0.2, 0.25) is 0 Å². The smallest absolute Gasteiger partial charge is 0.376 e. The standard InChI is InChI=1S/C23H26F3NO2S/c1-22(29,23(24,25)26)17-8-4-16(5-9-17)21(28)27(19-12-13-19)18-10-6-15(7-11-18)20-3-2-14-30-20/h2-5,8-9,14-15,18-19,29H,6-7,10-13H2,1H3/t15-,18-,22-/m0/s1.